The molecule has 38 heavy (non-hydrogen) atoms. The normalized spacial score (nSPS) is 18.4. The number of alkyl halides is 3. The van der Waals surface area contributed by atoms with Crippen molar-refractivity contribution < 1.29 is 46.8 Å². The number of methoxy groups -OCH3 is 1. The number of ketones is 1. The number of nitrogens with zero attached hydrogens (tertiary/aromatic N) is 1. The highest BCUT2D eigenvalue weighted by Crippen LogP contribution is 2.44. The van der Waals surface area contributed by atoms with E-state index in [0.717, 1.165) is 17.0 Å². The molecule has 3 aromatic rings. The van der Waals surface area contributed by atoms with Gasteiger partial charge in [-0.1, -0.05) is 12.1 Å². The summed E-state index contributed by atoms with van der Waals surface area (Å²) in [6, 6.07) is 14.6. The second kappa shape index (κ2) is 9.66. The van der Waals surface area contributed by atoms with E-state index in [1.54, 1.807) is 30.3 Å². The van der Waals surface area contributed by atoms with Gasteiger partial charge in [0.1, 0.15) is 30.5 Å². The summed E-state index contributed by atoms with van der Waals surface area (Å²) in [5.41, 5.74) is 0.607. The molecule has 1 atom stereocenters. The summed E-state index contributed by atoms with van der Waals surface area (Å²) in [7, 11) is 1.48. The van der Waals surface area contributed by atoms with Crippen LogP contribution in [0.5, 0.6) is 23.0 Å². The second-order valence-corrected chi connectivity index (χ2v) is 8.34. The highest BCUT2D eigenvalue weighted by atomic mass is 19.4. The minimum atomic E-state index is -4.89. The summed E-state index contributed by atoms with van der Waals surface area (Å²) >= 11 is 0. The number of carbonyl (C=O) groups excluding carboxylic acids is 2. The summed E-state index contributed by atoms with van der Waals surface area (Å²) in [5.74, 6) is -1.50. The monoisotopic (exact) mass is 527 g/mol. The van der Waals surface area contributed by atoms with Crippen LogP contribution >= 0.6 is 0 Å². The fourth-order valence-corrected chi connectivity index (χ4v) is 4.36. The summed E-state index contributed by atoms with van der Waals surface area (Å²) in [6.45, 7) is 0.676. The first-order chi connectivity index (χ1) is 18.2. The lowest BCUT2D eigenvalue weighted by Crippen LogP contribution is -2.29. The van der Waals surface area contributed by atoms with E-state index in [-0.39, 0.29) is 16.8 Å². The minimum absolute atomic E-state index is 0.128. The van der Waals surface area contributed by atoms with Gasteiger partial charge < -0.3 is 24.1 Å². The number of carbonyl (C=O) groups is 2. The van der Waals surface area contributed by atoms with Crippen molar-refractivity contribution >= 4 is 23.1 Å². The van der Waals surface area contributed by atoms with Crippen LogP contribution in [0.15, 0.2) is 72.3 Å². The van der Waals surface area contributed by atoms with E-state index in [9.17, 15) is 27.9 Å². The number of anilines is 1. The lowest BCUT2D eigenvalue weighted by molar-refractivity contribution is -0.274. The third-order valence-electron chi connectivity index (χ3n) is 6.04. The van der Waals surface area contributed by atoms with E-state index < -0.39 is 35.6 Å². The first-order valence-electron chi connectivity index (χ1n) is 11.4. The Morgan fingerprint density at radius 3 is 2.18 bits per heavy atom. The molecule has 196 valence electrons. The number of fused-ring (bicyclic) bond motifs is 1. The molecule has 0 radical (unpaired) electrons. The van der Waals surface area contributed by atoms with E-state index in [1.165, 1.54) is 31.4 Å². The Morgan fingerprint density at radius 1 is 0.921 bits per heavy atom. The van der Waals surface area contributed by atoms with E-state index in [1.807, 2.05) is 0 Å². The number of amides is 1. The molecule has 0 saturated carbocycles. The van der Waals surface area contributed by atoms with E-state index in [0.29, 0.717) is 36.0 Å². The van der Waals surface area contributed by atoms with Gasteiger partial charge in [-0.3, -0.25) is 14.5 Å². The van der Waals surface area contributed by atoms with Crippen molar-refractivity contribution in [1.82, 2.24) is 0 Å². The van der Waals surface area contributed by atoms with Crippen molar-refractivity contribution in [3.8, 4) is 23.0 Å². The molecule has 8 nitrogen and oxygen atoms in total. The van der Waals surface area contributed by atoms with Crippen LogP contribution in [0.1, 0.15) is 17.2 Å². The van der Waals surface area contributed by atoms with Crippen molar-refractivity contribution in [2.24, 2.45) is 0 Å². The van der Waals surface area contributed by atoms with Crippen LogP contribution in [0, 0.1) is 0 Å². The standard InChI is InChI=1S/C27H20F3NO7/c1-35-18-7-2-15(3-8-18)23-22(24(32)16-4-11-20-21(14-16)37-13-12-36-20)25(33)26(34)31(23)17-5-9-19(10-6-17)38-27(28,29)30/h2-11,14,23,32H,12-13H2,1H3/b24-22-. The predicted octanol–water partition coefficient (Wildman–Crippen LogP) is 4.99. The highest BCUT2D eigenvalue weighted by Gasteiger charge is 2.47. The average molecular weight is 527 g/mol. The number of Topliss-reactive ketones (excluding diaryl/α,β-unsaturated/α-hetero) is 1. The lowest BCUT2D eigenvalue weighted by Gasteiger charge is -2.26. The fourth-order valence-electron chi connectivity index (χ4n) is 4.36. The Hall–Kier alpha value is -4.67. The summed E-state index contributed by atoms with van der Waals surface area (Å²) in [5, 5.41) is 11.3. The summed E-state index contributed by atoms with van der Waals surface area (Å²) < 4.78 is 58.0. The molecule has 0 aliphatic carbocycles. The fraction of sp³-hybridized carbons (Fsp3) is 0.185. The third kappa shape index (κ3) is 4.70. The summed E-state index contributed by atoms with van der Waals surface area (Å²) in [4.78, 5) is 27.7. The number of hydrogen-bond donors (Lipinski definition) is 1. The van der Waals surface area contributed by atoms with Crippen LogP contribution in [0.2, 0.25) is 0 Å². The average Bonchev–Trinajstić information content (AvgIpc) is 3.17. The molecule has 0 aromatic heterocycles. The Labute approximate surface area is 214 Å². The maximum atomic E-state index is 13.3. The molecule has 1 saturated heterocycles. The Kier molecular flexibility index (Phi) is 6.35. The van der Waals surface area contributed by atoms with E-state index in [2.05, 4.69) is 4.74 Å². The molecule has 5 rings (SSSR count). The molecule has 1 fully saturated rings. The van der Waals surface area contributed by atoms with Gasteiger partial charge in [0.2, 0.25) is 0 Å². The van der Waals surface area contributed by atoms with Crippen LogP contribution in [0.25, 0.3) is 5.76 Å². The first-order valence-corrected chi connectivity index (χ1v) is 11.4. The van der Waals surface area contributed by atoms with Crippen LogP contribution in [0.3, 0.4) is 0 Å². The van der Waals surface area contributed by atoms with Gasteiger partial charge in [0.05, 0.1) is 18.7 Å². The highest BCUT2D eigenvalue weighted by molar-refractivity contribution is 6.51. The SMILES string of the molecule is COc1ccc(C2/C(=C(/O)c3ccc4c(c3)OCCO4)C(=O)C(=O)N2c2ccc(OC(F)(F)F)cc2)cc1. The number of rotatable bonds is 5. The zero-order valence-corrected chi connectivity index (χ0v) is 19.8. The number of aliphatic hydroxyl groups excluding tert-OH is 1. The molecule has 1 unspecified atom stereocenters. The number of ether oxygens (including phenoxy) is 4. The van der Waals surface area contributed by atoms with Gasteiger partial charge in [0.15, 0.2) is 11.5 Å². The van der Waals surface area contributed by atoms with Crippen molar-refractivity contribution in [2.75, 3.05) is 25.2 Å². The van der Waals surface area contributed by atoms with Crippen molar-refractivity contribution in [3.05, 3.63) is 83.4 Å². The molecular weight excluding hydrogens is 507 g/mol. The van der Waals surface area contributed by atoms with Gasteiger partial charge in [0, 0.05) is 11.3 Å². The molecular formula is C27H20F3NO7. The van der Waals surface area contributed by atoms with Gasteiger partial charge in [-0.15, -0.1) is 13.2 Å². The van der Waals surface area contributed by atoms with Crippen LogP contribution in [0.4, 0.5) is 18.9 Å². The largest absolute Gasteiger partial charge is 0.573 e. The number of aliphatic hydroxyl groups is 1. The molecule has 1 N–H and O–H groups in total. The Morgan fingerprint density at radius 2 is 1.55 bits per heavy atom. The zero-order valence-electron chi connectivity index (χ0n) is 19.8. The van der Waals surface area contributed by atoms with Gasteiger partial charge in [0.25, 0.3) is 11.7 Å². The smallest absolute Gasteiger partial charge is 0.507 e. The Balaban J connectivity index is 1.62. The maximum Gasteiger partial charge on any atom is 0.573 e. The summed E-state index contributed by atoms with van der Waals surface area (Å²) in [6.07, 6.45) is -4.89. The van der Waals surface area contributed by atoms with Gasteiger partial charge >= 0.3 is 6.36 Å². The van der Waals surface area contributed by atoms with E-state index in [4.69, 9.17) is 14.2 Å². The molecule has 11 heteroatoms. The van der Waals surface area contributed by atoms with Crippen LogP contribution in [-0.4, -0.2) is 43.5 Å². The van der Waals surface area contributed by atoms with Crippen molar-refractivity contribution in [2.45, 2.75) is 12.4 Å². The third-order valence-corrected chi connectivity index (χ3v) is 6.04. The van der Waals surface area contributed by atoms with E-state index >= 15 is 0 Å². The van der Waals surface area contributed by atoms with Gasteiger partial charge in [-0.2, -0.15) is 0 Å². The molecule has 0 spiro atoms. The topological polar surface area (TPSA) is 94.5 Å². The lowest BCUT2D eigenvalue weighted by atomic mass is 9.95. The zero-order chi connectivity index (χ0) is 27.0. The molecule has 2 aliphatic rings. The second-order valence-electron chi connectivity index (χ2n) is 8.34. The van der Waals surface area contributed by atoms with Gasteiger partial charge in [-0.05, 0) is 60.2 Å². The number of hydrogen-bond acceptors (Lipinski definition) is 7. The molecule has 2 heterocycles. The van der Waals surface area contributed by atoms with Crippen LogP contribution < -0.4 is 23.8 Å². The minimum Gasteiger partial charge on any atom is -0.507 e. The Bertz CT molecular complexity index is 1420. The number of benzene rings is 3. The van der Waals surface area contributed by atoms with Crippen LogP contribution in [-0.2, 0) is 9.59 Å². The maximum absolute atomic E-state index is 13.3. The predicted molar refractivity (Wildman–Crippen MR) is 128 cm³/mol. The first kappa shape index (κ1) is 25.0. The number of halogens is 3. The quantitative estimate of drug-likeness (QED) is 0.284. The molecule has 2 aliphatic heterocycles. The molecule has 1 amide bonds. The molecule has 0 bridgehead atoms. The van der Waals surface area contributed by atoms with Crippen molar-refractivity contribution in [1.29, 1.82) is 0 Å². The molecule has 3 aromatic carbocycles. The van der Waals surface area contributed by atoms with Crippen molar-refractivity contribution in [3.63, 3.8) is 0 Å². The van der Waals surface area contributed by atoms with Gasteiger partial charge in [-0.25, -0.2) is 0 Å².